The van der Waals surface area contributed by atoms with E-state index in [2.05, 4.69) is 4.98 Å². The summed E-state index contributed by atoms with van der Waals surface area (Å²) in [5.41, 5.74) is 0.962. The second kappa shape index (κ2) is 5.27. The third-order valence-corrected chi connectivity index (χ3v) is 4.88. The molecule has 6 nitrogen and oxygen atoms in total. The number of aromatic nitrogens is 2. The zero-order valence-electron chi connectivity index (χ0n) is 11.9. The van der Waals surface area contributed by atoms with Crippen LogP contribution in [0.25, 0.3) is 22.4 Å². The van der Waals surface area contributed by atoms with Gasteiger partial charge in [0.1, 0.15) is 11.3 Å². The lowest BCUT2D eigenvalue weighted by atomic mass is 10.2. The van der Waals surface area contributed by atoms with Crippen LogP contribution in [-0.2, 0) is 4.79 Å². The molecular formula is C16H12N2O4S. The highest BCUT2D eigenvalue weighted by atomic mass is 32.2. The van der Waals surface area contributed by atoms with Gasteiger partial charge in [-0.3, -0.25) is 14.2 Å². The highest BCUT2D eigenvalue weighted by Crippen LogP contribution is 2.34. The van der Waals surface area contributed by atoms with Crippen LogP contribution in [0.1, 0.15) is 12.5 Å². The Labute approximate surface area is 134 Å². The van der Waals surface area contributed by atoms with Crippen molar-refractivity contribution in [3.63, 3.8) is 0 Å². The molecule has 0 fully saturated rings. The fourth-order valence-electron chi connectivity index (χ4n) is 2.74. The van der Waals surface area contributed by atoms with Gasteiger partial charge in [0.05, 0.1) is 12.5 Å². The third kappa shape index (κ3) is 2.43. The number of fused-ring (bicyclic) bond motifs is 2. The van der Waals surface area contributed by atoms with Crippen molar-refractivity contribution in [2.24, 2.45) is 0 Å². The predicted molar refractivity (Wildman–Crippen MR) is 85.7 cm³/mol. The zero-order chi connectivity index (χ0) is 16.0. The molecule has 116 valence electrons. The van der Waals surface area contributed by atoms with Crippen LogP contribution in [0, 0.1) is 0 Å². The van der Waals surface area contributed by atoms with Crippen LogP contribution in [0.5, 0.6) is 0 Å². The van der Waals surface area contributed by atoms with Crippen LogP contribution < -0.4 is 5.56 Å². The van der Waals surface area contributed by atoms with Crippen LogP contribution in [0.15, 0.2) is 50.8 Å². The van der Waals surface area contributed by atoms with Gasteiger partial charge in [0.25, 0.3) is 5.56 Å². The molecule has 1 N–H and O–H groups in total. The molecule has 3 aromatic rings. The summed E-state index contributed by atoms with van der Waals surface area (Å²) in [7, 11) is 0. The van der Waals surface area contributed by atoms with Crippen LogP contribution in [0.4, 0.5) is 0 Å². The van der Waals surface area contributed by atoms with E-state index in [4.69, 9.17) is 9.52 Å². The molecule has 1 aliphatic heterocycles. The molecule has 0 saturated carbocycles. The van der Waals surface area contributed by atoms with Crippen molar-refractivity contribution < 1.29 is 14.3 Å². The quantitative estimate of drug-likeness (QED) is 0.744. The lowest BCUT2D eigenvalue weighted by Gasteiger charge is -2.10. The van der Waals surface area contributed by atoms with E-state index in [9.17, 15) is 9.59 Å². The molecule has 23 heavy (non-hydrogen) atoms. The van der Waals surface area contributed by atoms with Crippen molar-refractivity contribution >= 4 is 28.7 Å². The van der Waals surface area contributed by atoms with E-state index in [0.29, 0.717) is 22.4 Å². The summed E-state index contributed by atoms with van der Waals surface area (Å²) < 4.78 is 7.21. The minimum atomic E-state index is -0.920. The Bertz CT molecular complexity index is 943. The normalized spacial score (nSPS) is 16.6. The molecule has 1 aliphatic rings. The van der Waals surface area contributed by atoms with Gasteiger partial charge in [-0.25, -0.2) is 4.98 Å². The molecule has 0 aliphatic carbocycles. The van der Waals surface area contributed by atoms with Gasteiger partial charge in [-0.05, 0) is 12.1 Å². The van der Waals surface area contributed by atoms with E-state index in [1.165, 1.54) is 22.4 Å². The van der Waals surface area contributed by atoms with Crippen molar-refractivity contribution in [1.29, 1.82) is 0 Å². The smallest absolute Gasteiger partial charge is 0.305 e. The zero-order valence-corrected chi connectivity index (χ0v) is 12.7. The van der Waals surface area contributed by atoms with Crippen molar-refractivity contribution in [2.45, 2.75) is 17.6 Å². The lowest BCUT2D eigenvalue weighted by molar-refractivity contribution is -0.137. The first-order valence-corrected chi connectivity index (χ1v) is 8.07. The molecule has 1 aromatic carbocycles. The predicted octanol–water partition coefficient (Wildman–Crippen LogP) is 2.78. The summed E-state index contributed by atoms with van der Waals surface area (Å²) in [6, 6.07) is 10.5. The summed E-state index contributed by atoms with van der Waals surface area (Å²) in [5, 5.41) is 10.4. The van der Waals surface area contributed by atoms with Gasteiger partial charge in [0.2, 0.25) is 0 Å². The summed E-state index contributed by atoms with van der Waals surface area (Å²) in [6.07, 6.45) is -0.0778. The first-order chi connectivity index (χ1) is 11.1. The molecule has 0 spiro atoms. The Balaban J connectivity index is 1.79. The average Bonchev–Trinajstić information content (AvgIpc) is 3.11. The number of benzene rings is 1. The number of carboxylic acid groups (broad SMARTS) is 1. The van der Waals surface area contributed by atoms with Crippen LogP contribution in [0.2, 0.25) is 0 Å². The standard InChI is InChI=1S/C16H12N2O4S/c19-14-7-11(13-5-9-3-1-2-4-12(9)22-13)17-16-18(14)10(8-23-16)6-15(20)21/h1-5,7,10H,6,8H2,(H,20,21)/t10-/m1/s1. The number of furan rings is 1. The Morgan fingerprint density at radius 1 is 1.39 bits per heavy atom. The molecule has 2 aromatic heterocycles. The number of hydrogen-bond acceptors (Lipinski definition) is 5. The summed E-state index contributed by atoms with van der Waals surface area (Å²) in [4.78, 5) is 27.8. The first kappa shape index (κ1) is 14.1. The second-order valence-corrected chi connectivity index (χ2v) is 6.33. The number of thioether (sulfide) groups is 1. The third-order valence-electron chi connectivity index (χ3n) is 3.78. The van der Waals surface area contributed by atoms with Gasteiger partial charge in [-0.1, -0.05) is 30.0 Å². The van der Waals surface area contributed by atoms with Crippen LogP contribution in [-0.4, -0.2) is 26.4 Å². The van der Waals surface area contributed by atoms with Gasteiger partial charge in [0, 0.05) is 17.2 Å². The fraction of sp³-hybridized carbons (Fsp3) is 0.188. The Morgan fingerprint density at radius 2 is 2.22 bits per heavy atom. The van der Waals surface area contributed by atoms with Gasteiger partial charge in [-0.15, -0.1) is 0 Å². The van der Waals surface area contributed by atoms with E-state index in [0.717, 1.165) is 11.0 Å². The van der Waals surface area contributed by atoms with E-state index in [-0.39, 0.29) is 18.0 Å². The molecule has 0 bridgehead atoms. The fourth-order valence-corrected chi connectivity index (χ4v) is 3.89. The van der Waals surface area contributed by atoms with Gasteiger partial charge in [-0.2, -0.15) is 0 Å². The van der Waals surface area contributed by atoms with Crippen molar-refractivity contribution in [1.82, 2.24) is 9.55 Å². The number of para-hydroxylation sites is 1. The molecule has 1 atom stereocenters. The van der Waals surface area contributed by atoms with Gasteiger partial charge < -0.3 is 9.52 Å². The van der Waals surface area contributed by atoms with Crippen LogP contribution >= 0.6 is 11.8 Å². The highest BCUT2D eigenvalue weighted by Gasteiger charge is 2.28. The minimum Gasteiger partial charge on any atom is -0.481 e. The molecule has 7 heteroatoms. The number of hydrogen-bond donors (Lipinski definition) is 1. The molecular weight excluding hydrogens is 316 g/mol. The summed E-state index contributed by atoms with van der Waals surface area (Å²) in [6.45, 7) is 0. The summed E-state index contributed by atoms with van der Waals surface area (Å²) in [5.74, 6) is 0.156. The Morgan fingerprint density at radius 3 is 3.00 bits per heavy atom. The van der Waals surface area contributed by atoms with Crippen molar-refractivity contribution in [2.75, 3.05) is 5.75 Å². The number of rotatable bonds is 3. The maximum atomic E-state index is 12.4. The van der Waals surface area contributed by atoms with Crippen LogP contribution in [0.3, 0.4) is 0 Å². The minimum absolute atomic E-state index is 0.0778. The summed E-state index contributed by atoms with van der Waals surface area (Å²) >= 11 is 1.39. The van der Waals surface area contributed by atoms with Gasteiger partial charge in [0.15, 0.2) is 10.9 Å². The van der Waals surface area contributed by atoms with E-state index < -0.39 is 5.97 Å². The molecule has 3 heterocycles. The number of aliphatic carboxylic acids is 1. The molecule has 0 radical (unpaired) electrons. The molecule has 0 amide bonds. The van der Waals surface area contributed by atoms with E-state index in [1.807, 2.05) is 30.3 Å². The molecule has 0 unspecified atom stereocenters. The van der Waals surface area contributed by atoms with Crippen molar-refractivity contribution in [3.8, 4) is 11.5 Å². The second-order valence-electron chi connectivity index (χ2n) is 5.34. The molecule has 0 saturated heterocycles. The maximum absolute atomic E-state index is 12.4. The van der Waals surface area contributed by atoms with Crippen molar-refractivity contribution in [3.05, 3.63) is 46.8 Å². The number of carbonyl (C=O) groups is 1. The maximum Gasteiger partial charge on any atom is 0.305 e. The Hall–Kier alpha value is -2.54. The van der Waals surface area contributed by atoms with E-state index in [1.54, 1.807) is 0 Å². The highest BCUT2D eigenvalue weighted by molar-refractivity contribution is 7.99. The SMILES string of the molecule is O=C(O)C[C@@H]1CSc2nc(-c3cc4ccccc4o3)cc(=O)n21. The lowest BCUT2D eigenvalue weighted by Crippen LogP contribution is -2.25. The van der Waals surface area contributed by atoms with Gasteiger partial charge >= 0.3 is 5.97 Å². The largest absolute Gasteiger partial charge is 0.481 e. The number of carboxylic acids is 1. The average molecular weight is 328 g/mol. The first-order valence-electron chi connectivity index (χ1n) is 7.09. The molecule has 4 rings (SSSR count). The van der Waals surface area contributed by atoms with E-state index >= 15 is 0 Å². The number of nitrogens with zero attached hydrogens (tertiary/aromatic N) is 2. The topological polar surface area (TPSA) is 85.3 Å². The monoisotopic (exact) mass is 328 g/mol. The Kier molecular flexibility index (Phi) is 3.23.